The summed E-state index contributed by atoms with van der Waals surface area (Å²) in [6, 6.07) is 12.9. The average Bonchev–Trinajstić information content (AvgIpc) is 2.67. The first-order valence-corrected chi connectivity index (χ1v) is 9.80. The van der Waals surface area contributed by atoms with E-state index in [-0.39, 0.29) is 11.4 Å². The van der Waals surface area contributed by atoms with E-state index in [4.69, 9.17) is 9.47 Å². The van der Waals surface area contributed by atoms with Gasteiger partial charge in [-0.1, -0.05) is 24.3 Å². The molecule has 0 unspecified atom stereocenters. The fourth-order valence-corrected chi connectivity index (χ4v) is 4.65. The standard InChI is InChI=1S/C19H21NO5S/c1-3-25-16-8-10-17(11-9-16)26(22,23)20-13-15-7-5-4-6-14(15)12-18(20)19(21)24-2/h4-11,18H,3,12-13H2,1-2H3/t18-/m1/s1. The minimum atomic E-state index is -3.86. The molecule has 1 atom stereocenters. The molecule has 0 saturated heterocycles. The molecule has 3 rings (SSSR count). The van der Waals surface area contributed by atoms with Crippen LogP contribution in [0.15, 0.2) is 53.4 Å². The summed E-state index contributed by atoms with van der Waals surface area (Å²) in [5.74, 6) is 0.0361. The number of rotatable bonds is 5. The van der Waals surface area contributed by atoms with Gasteiger partial charge in [0, 0.05) is 13.0 Å². The van der Waals surface area contributed by atoms with Crippen LogP contribution in [0.25, 0.3) is 0 Å². The molecule has 0 fully saturated rings. The third-order valence-corrected chi connectivity index (χ3v) is 6.29. The molecule has 0 aliphatic carbocycles. The molecule has 0 saturated carbocycles. The van der Waals surface area contributed by atoms with Gasteiger partial charge in [0.05, 0.1) is 18.6 Å². The van der Waals surface area contributed by atoms with Crippen molar-refractivity contribution in [3.8, 4) is 5.75 Å². The largest absolute Gasteiger partial charge is 0.494 e. The third-order valence-electron chi connectivity index (χ3n) is 4.42. The van der Waals surface area contributed by atoms with Crippen LogP contribution < -0.4 is 4.74 Å². The van der Waals surface area contributed by atoms with Crippen LogP contribution in [0.1, 0.15) is 18.1 Å². The zero-order valence-electron chi connectivity index (χ0n) is 14.7. The lowest BCUT2D eigenvalue weighted by molar-refractivity contribution is -0.145. The van der Waals surface area contributed by atoms with Gasteiger partial charge in [-0.2, -0.15) is 4.31 Å². The van der Waals surface area contributed by atoms with Crippen molar-refractivity contribution < 1.29 is 22.7 Å². The number of nitrogens with zero attached hydrogens (tertiary/aromatic N) is 1. The minimum absolute atomic E-state index is 0.120. The van der Waals surface area contributed by atoms with Gasteiger partial charge in [0.25, 0.3) is 0 Å². The average molecular weight is 375 g/mol. The smallest absolute Gasteiger partial charge is 0.324 e. The zero-order chi connectivity index (χ0) is 18.7. The van der Waals surface area contributed by atoms with Gasteiger partial charge in [0.2, 0.25) is 10.0 Å². The number of carbonyl (C=O) groups excluding carboxylic acids is 1. The van der Waals surface area contributed by atoms with E-state index in [0.29, 0.717) is 18.8 Å². The number of sulfonamides is 1. The maximum Gasteiger partial charge on any atom is 0.324 e. The van der Waals surface area contributed by atoms with Crippen LogP contribution in [0.2, 0.25) is 0 Å². The Bertz CT molecular complexity index is 892. The summed E-state index contributed by atoms with van der Waals surface area (Å²) in [5.41, 5.74) is 1.85. The normalized spacial score (nSPS) is 17.4. The second kappa shape index (κ2) is 7.47. The lowest BCUT2D eigenvalue weighted by Gasteiger charge is -2.34. The number of esters is 1. The number of carbonyl (C=O) groups is 1. The van der Waals surface area contributed by atoms with Crippen molar-refractivity contribution in [2.75, 3.05) is 13.7 Å². The first kappa shape index (κ1) is 18.4. The Morgan fingerprint density at radius 2 is 1.77 bits per heavy atom. The maximum absolute atomic E-state index is 13.2. The van der Waals surface area contributed by atoms with Gasteiger partial charge in [-0.3, -0.25) is 4.79 Å². The second-order valence-corrected chi connectivity index (χ2v) is 7.86. The molecule has 6 nitrogen and oxygen atoms in total. The second-order valence-electron chi connectivity index (χ2n) is 5.97. The Kier molecular flexibility index (Phi) is 5.29. The summed E-state index contributed by atoms with van der Waals surface area (Å²) in [5, 5.41) is 0. The molecule has 138 valence electrons. The number of ether oxygens (including phenoxy) is 2. The molecule has 1 aliphatic rings. The van der Waals surface area contributed by atoms with Gasteiger partial charge >= 0.3 is 5.97 Å². The Balaban J connectivity index is 1.99. The summed E-state index contributed by atoms with van der Waals surface area (Å²) in [4.78, 5) is 12.4. The Morgan fingerprint density at radius 1 is 1.12 bits per heavy atom. The molecule has 0 amide bonds. The molecular weight excluding hydrogens is 354 g/mol. The SMILES string of the molecule is CCOc1ccc(S(=O)(=O)N2Cc3ccccc3C[C@@H]2C(=O)OC)cc1. The Hall–Kier alpha value is -2.38. The predicted octanol–water partition coefficient (Wildman–Crippen LogP) is 2.37. The molecule has 0 spiro atoms. The van der Waals surface area contributed by atoms with E-state index in [9.17, 15) is 13.2 Å². The van der Waals surface area contributed by atoms with Crippen molar-refractivity contribution in [2.24, 2.45) is 0 Å². The molecule has 1 heterocycles. The number of hydrogen-bond acceptors (Lipinski definition) is 5. The highest BCUT2D eigenvalue weighted by Gasteiger charge is 2.40. The third kappa shape index (κ3) is 3.45. The molecular formula is C19H21NO5S. The quantitative estimate of drug-likeness (QED) is 0.750. The lowest BCUT2D eigenvalue weighted by atomic mass is 9.96. The van der Waals surface area contributed by atoms with Crippen LogP contribution in [0.4, 0.5) is 0 Å². The van der Waals surface area contributed by atoms with Crippen molar-refractivity contribution >= 4 is 16.0 Å². The molecule has 1 aliphatic heterocycles. The van der Waals surface area contributed by atoms with Crippen molar-refractivity contribution in [1.29, 1.82) is 0 Å². The van der Waals surface area contributed by atoms with Crippen LogP contribution in [0.3, 0.4) is 0 Å². The first-order valence-electron chi connectivity index (χ1n) is 8.36. The number of benzene rings is 2. The van der Waals surface area contributed by atoms with E-state index >= 15 is 0 Å². The van der Waals surface area contributed by atoms with E-state index in [0.717, 1.165) is 11.1 Å². The minimum Gasteiger partial charge on any atom is -0.494 e. The highest BCUT2D eigenvalue weighted by Crippen LogP contribution is 2.30. The van der Waals surface area contributed by atoms with Crippen LogP contribution in [-0.2, 0) is 32.5 Å². The van der Waals surface area contributed by atoms with E-state index in [1.165, 1.54) is 23.5 Å². The van der Waals surface area contributed by atoms with Crippen LogP contribution >= 0.6 is 0 Å². The van der Waals surface area contributed by atoms with Crippen molar-refractivity contribution in [3.05, 3.63) is 59.7 Å². The molecule has 2 aromatic rings. The van der Waals surface area contributed by atoms with Gasteiger partial charge < -0.3 is 9.47 Å². The topological polar surface area (TPSA) is 72.9 Å². The Morgan fingerprint density at radius 3 is 2.38 bits per heavy atom. The lowest BCUT2D eigenvalue weighted by Crippen LogP contribution is -2.48. The molecule has 0 N–H and O–H groups in total. The van der Waals surface area contributed by atoms with Crippen LogP contribution in [0, 0.1) is 0 Å². The maximum atomic E-state index is 13.2. The molecule has 7 heteroatoms. The summed E-state index contributed by atoms with van der Waals surface area (Å²) in [6.07, 6.45) is 0.291. The first-order chi connectivity index (χ1) is 12.5. The van der Waals surface area contributed by atoms with E-state index < -0.39 is 22.0 Å². The molecule has 0 bridgehead atoms. The molecule has 0 aromatic heterocycles. The monoisotopic (exact) mass is 375 g/mol. The summed E-state index contributed by atoms with van der Waals surface area (Å²) < 4.78 is 37.8. The van der Waals surface area contributed by atoms with E-state index in [1.807, 2.05) is 31.2 Å². The van der Waals surface area contributed by atoms with Gasteiger partial charge in [0.1, 0.15) is 11.8 Å². The van der Waals surface area contributed by atoms with E-state index in [2.05, 4.69) is 0 Å². The zero-order valence-corrected chi connectivity index (χ0v) is 15.5. The highest BCUT2D eigenvalue weighted by atomic mass is 32.2. The van der Waals surface area contributed by atoms with E-state index in [1.54, 1.807) is 12.1 Å². The number of hydrogen-bond donors (Lipinski definition) is 0. The fourth-order valence-electron chi connectivity index (χ4n) is 3.10. The number of methoxy groups -OCH3 is 1. The van der Waals surface area contributed by atoms with Gasteiger partial charge in [0.15, 0.2) is 0 Å². The van der Waals surface area contributed by atoms with Crippen LogP contribution in [0.5, 0.6) is 5.75 Å². The number of fused-ring (bicyclic) bond motifs is 1. The van der Waals surface area contributed by atoms with Gasteiger partial charge in [-0.15, -0.1) is 0 Å². The molecule has 2 aromatic carbocycles. The fraction of sp³-hybridized carbons (Fsp3) is 0.316. The van der Waals surface area contributed by atoms with Gasteiger partial charge in [-0.05, 0) is 42.3 Å². The van der Waals surface area contributed by atoms with Crippen molar-refractivity contribution in [2.45, 2.75) is 30.8 Å². The van der Waals surface area contributed by atoms with Crippen molar-refractivity contribution in [1.82, 2.24) is 4.31 Å². The van der Waals surface area contributed by atoms with Gasteiger partial charge in [-0.25, -0.2) is 8.42 Å². The van der Waals surface area contributed by atoms with Crippen molar-refractivity contribution in [3.63, 3.8) is 0 Å². The predicted molar refractivity (Wildman–Crippen MR) is 96.3 cm³/mol. The molecule has 26 heavy (non-hydrogen) atoms. The molecule has 0 radical (unpaired) electrons. The summed E-state index contributed by atoms with van der Waals surface area (Å²) in [7, 11) is -2.60. The summed E-state index contributed by atoms with van der Waals surface area (Å²) >= 11 is 0. The highest BCUT2D eigenvalue weighted by molar-refractivity contribution is 7.89. The summed E-state index contributed by atoms with van der Waals surface area (Å²) in [6.45, 7) is 2.49. The van der Waals surface area contributed by atoms with Crippen LogP contribution in [-0.4, -0.2) is 38.5 Å². The Labute approximate surface area is 153 Å².